The van der Waals surface area contributed by atoms with Gasteiger partial charge in [0, 0.05) is 6.04 Å². The molecule has 0 bridgehead atoms. The Morgan fingerprint density at radius 3 is 2.81 bits per heavy atom. The van der Waals surface area contributed by atoms with E-state index in [2.05, 4.69) is 25.1 Å². The van der Waals surface area contributed by atoms with Gasteiger partial charge in [0.05, 0.1) is 6.61 Å². The van der Waals surface area contributed by atoms with Crippen LogP contribution in [0, 0.1) is 0 Å². The zero-order valence-electron chi connectivity index (χ0n) is 10.4. The third-order valence-corrected chi connectivity index (χ3v) is 2.63. The summed E-state index contributed by atoms with van der Waals surface area (Å²) in [6.07, 6.45) is 4.36. The minimum atomic E-state index is 0.309. The summed E-state index contributed by atoms with van der Waals surface area (Å²) in [4.78, 5) is 0. The number of rotatable bonds is 7. The van der Waals surface area contributed by atoms with E-state index in [1.165, 1.54) is 5.56 Å². The van der Waals surface area contributed by atoms with Crippen molar-refractivity contribution >= 4 is 0 Å². The predicted octanol–water partition coefficient (Wildman–Crippen LogP) is 3.15. The Hall–Kier alpha value is -1.02. The van der Waals surface area contributed by atoms with Crippen LogP contribution in [0.5, 0.6) is 5.75 Å². The number of aryl methyl sites for hydroxylation is 1. The van der Waals surface area contributed by atoms with Crippen LogP contribution < -0.4 is 10.5 Å². The lowest BCUT2D eigenvalue weighted by Gasteiger charge is -2.08. The number of unbranched alkanes of at least 4 members (excludes halogenated alkanes) is 1. The molecule has 16 heavy (non-hydrogen) atoms. The molecule has 1 rings (SSSR count). The van der Waals surface area contributed by atoms with Crippen molar-refractivity contribution in [1.82, 2.24) is 0 Å². The first-order valence-electron chi connectivity index (χ1n) is 6.19. The average Bonchev–Trinajstić information content (AvgIpc) is 2.28. The highest BCUT2D eigenvalue weighted by Gasteiger charge is 1.97. The van der Waals surface area contributed by atoms with Crippen molar-refractivity contribution in [2.45, 2.75) is 45.6 Å². The van der Waals surface area contributed by atoms with Crippen molar-refractivity contribution in [3.05, 3.63) is 29.8 Å². The lowest BCUT2D eigenvalue weighted by molar-refractivity contribution is 0.303. The van der Waals surface area contributed by atoms with Crippen molar-refractivity contribution in [2.75, 3.05) is 6.61 Å². The summed E-state index contributed by atoms with van der Waals surface area (Å²) >= 11 is 0. The van der Waals surface area contributed by atoms with Crippen LogP contribution in [-0.2, 0) is 6.42 Å². The first-order valence-corrected chi connectivity index (χ1v) is 6.19. The highest BCUT2D eigenvalue weighted by molar-refractivity contribution is 5.28. The molecule has 0 aliphatic heterocycles. The standard InChI is InChI=1S/C14H23NO/c1-3-13-8-6-9-14(11-13)16-10-5-4-7-12(2)15/h6,8-9,11-12H,3-5,7,10,15H2,1-2H3. The van der Waals surface area contributed by atoms with E-state index in [1.54, 1.807) is 0 Å². The van der Waals surface area contributed by atoms with Crippen LogP contribution in [0.3, 0.4) is 0 Å². The van der Waals surface area contributed by atoms with Gasteiger partial charge < -0.3 is 10.5 Å². The van der Waals surface area contributed by atoms with Crippen LogP contribution in [0.4, 0.5) is 0 Å². The molecule has 0 heterocycles. The summed E-state index contributed by atoms with van der Waals surface area (Å²) in [6, 6.07) is 8.62. The van der Waals surface area contributed by atoms with Gasteiger partial charge in [-0.1, -0.05) is 19.1 Å². The Labute approximate surface area is 98.8 Å². The van der Waals surface area contributed by atoms with Crippen LogP contribution in [0.15, 0.2) is 24.3 Å². The highest BCUT2D eigenvalue weighted by atomic mass is 16.5. The van der Waals surface area contributed by atoms with E-state index < -0.39 is 0 Å². The quantitative estimate of drug-likeness (QED) is 0.718. The van der Waals surface area contributed by atoms with Gasteiger partial charge in [-0.2, -0.15) is 0 Å². The van der Waals surface area contributed by atoms with Gasteiger partial charge in [-0.15, -0.1) is 0 Å². The molecule has 0 aromatic heterocycles. The monoisotopic (exact) mass is 221 g/mol. The minimum absolute atomic E-state index is 0.309. The molecule has 0 radical (unpaired) electrons. The second kappa shape index (κ2) is 7.29. The first-order chi connectivity index (χ1) is 7.72. The van der Waals surface area contributed by atoms with E-state index in [0.717, 1.165) is 38.0 Å². The summed E-state index contributed by atoms with van der Waals surface area (Å²) < 4.78 is 5.69. The molecule has 1 aromatic carbocycles. The fourth-order valence-corrected chi connectivity index (χ4v) is 1.61. The molecule has 0 spiro atoms. The third kappa shape index (κ3) is 5.17. The van der Waals surface area contributed by atoms with Gasteiger partial charge in [-0.25, -0.2) is 0 Å². The van der Waals surface area contributed by atoms with E-state index in [-0.39, 0.29) is 0 Å². The van der Waals surface area contributed by atoms with Gasteiger partial charge in [0.1, 0.15) is 5.75 Å². The minimum Gasteiger partial charge on any atom is -0.494 e. The molecule has 90 valence electrons. The van der Waals surface area contributed by atoms with Gasteiger partial charge in [0.15, 0.2) is 0 Å². The van der Waals surface area contributed by atoms with Crippen LogP contribution >= 0.6 is 0 Å². The van der Waals surface area contributed by atoms with Crippen LogP contribution in [0.25, 0.3) is 0 Å². The SMILES string of the molecule is CCc1cccc(OCCCCC(C)N)c1. The van der Waals surface area contributed by atoms with Crippen molar-refractivity contribution in [3.63, 3.8) is 0 Å². The molecule has 2 N–H and O–H groups in total. The maximum atomic E-state index is 5.69. The fourth-order valence-electron chi connectivity index (χ4n) is 1.61. The number of benzene rings is 1. The molecule has 0 fully saturated rings. The van der Waals surface area contributed by atoms with Crippen molar-refractivity contribution in [1.29, 1.82) is 0 Å². The zero-order chi connectivity index (χ0) is 11.8. The van der Waals surface area contributed by atoms with E-state index in [1.807, 2.05) is 13.0 Å². The van der Waals surface area contributed by atoms with Crippen LogP contribution in [0.2, 0.25) is 0 Å². The molecule has 2 nitrogen and oxygen atoms in total. The average molecular weight is 221 g/mol. The molecule has 1 unspecified atom stereocenters. The smallest absolute Gasteiger partial charge is 0.119 e. The Bertz CT molecular complexity index is 297. The molecule has 0 aliphatic carbocycles. The molecule has 1 atom stereocenters. The summed E-state index contributed by atoms with van der Waals surface area (Å²) in [5.41, 5.74) is 7.01. The number of nitrogens with two attached hydrogens (primary N) is 1. The first kappa shape index (κ1) is 13.0. The normalized spacial score (nSPS) is 12.4. The van der Waals surface area contributed by atoms with Crippen molar-refractivity contribution < 1.29 is 4.74 Å². The Morgan fingerprint density at radius 2 is 2.12 bits per heavy atom. The van der Waals surface area contributed by atoms with Gasteiger partial charge >= 0.3 is 0 Å². The molecule has 1 aromatic rings. The third-order valence-electron chi connectivity index (χ3n) is 2.63. The van der Waals surface area contributed by atoms with E-state index in [9.17, 15) is 0 Å². The second-order valence-electron chi connectivity index (χ2n) is 4.32. The molecule has 0 saturated carbocycles. The van der Waals surface area contributed by atoms with E-state index in [4.69, 9.17) is 10.5 Å². The Morgan fingerprint density at radius 1 is 1.31 bits per heavy atom. The lowest BCUT2D eigenvalue weighted by atomic mass is 10.1. The summed E-state index contributed by atoms with van der Waals surface area (Å²) in [5.74, 6) is 0.986. The maximum Gasteiger partial charge on any atom is 0.119 e. The zero-order valence-corrected chi connectivity index (χ0v) is 10.4. The number of hydrogen-bond donors (Lipinski definition) is 1. The fraction of sp³-hybridized carbons (Fsp3) is 0.571. The molecule has 0 amide bonds. The number of hydrogen-bond acceptors (Lipinski definition) is 2. The largest absolute Gasteiger partial charge is 0.494 e. The molecular weight excluding hydrogens is 198 g/mol. The van der Waals surface area contributed by atoms with E-state index >= 15 is 0 Å². The molecule has 0 saturated heterocycles. The van der Waals surface area contributed by atoms with Gasteiger partial charge in [0.25, 0.3) is 0 Å². The number of ether oxygens (including phenoxy) is 1. The van der Waals surface area contributed by atoms with Crippen molar-refractivity contribution in [3.8, 4) is 5.75 Å². The lowest BCUT2D eigenvalue weighted by Crippen LogP contribution is -2.14. The Balaban J connectivity index is 2.21. The summed E-state index contributed by atoms with van der Waals surface area (Å²) in [6.45, 7) is 4.99. The maximum absolute atomic E-state index is 5.69. The van der Waals surface area contributed by atoms with Crippen LogP contribution in [0.1, 0.15) is 38.7 Å². The highest BCUT2D eigenvalue weighted by Crippen LogP contribution is 2.14. The van der Waals surface area contributed by atoms with Gasteiger partial charge in [-0.3, -0.25) is 0 Å². The summed E-state index contributed by atoms with van der Waals surface area (Å²) in [5, 5.41) is 0. The van der Waals surface area contributed by atoms with Gasteiger partial charge in [-0.05, 0) is 50.3 Å². The molecule has 0 aliphatic rings. The second-order valence-corrected chi connectivity index (χ2v) is 4.32. The van der Waals surface area contributed by atoms with Crippen LogP contribution in [-0.4, -0.2) is 12.6 Å². The topological polar surface area (TPSA) is 35.2 Å². The Kier molecular flexibility index (Phi) is 5.94. The van der Waals surface area contributed by atoms with E-state index in [0.29, 0.717) is 6.04 Å². The summed E-state index contributed by atoms with van der Waals surface area (Å²) in [7, 11) is 0. The molecular formula is C14H23NO. The van der Waals surface area contributed by atoms with Crippen molar-refractivity contribution in [2.24, 2.45) is 5.73 Å². The molecule has 2 heteroatoms. The van der Waals surface area contributed by atoms with Gasteiger partial charge in [0.2, 0.25) is 0 Å². The predicted molar refractivity (Wildman–Crippen MR) is 68.8 cm³/mol.